The lowest BCUT2D eigenvalue weighted by atomic mass is 10.2. The Kier molecular flexibility index (Phi) is 2.80. The van der Waals surface area contributed by atoms with Crippen molar-refractivity contribution in [1.82, 2.24) is 9.97 Å². The highest BCUT2D eigenvalue weighted by Gasteiger charge is 2.26. The second kappa shape index (κ2) is 4.63. The van der Waals surface area contributed by atoms with Crippen molar-refractivity contribution >= 4 is 16.5 Å². The molecule has 3 heterocycles. The summed E-state index contributed by atoms with van der Waals surface area (Å²) in [7, 11) is 0. The van der Waals surface area contributed by atoms with Crippen molar-refractivity contribution in [2.45, 2.75) is 32.1 Å². The second-order valence-electron chi connectivity index (χ2n) is 5.48. The van der Waals surface area contributed by atoms with Gasteiger partial charge in [0.1, 0.15) is 0 Å². The van der Waals surface area contributed by atoms with Crippen LogP contribution in [-0.2, 0) is 6.42 Å². The van der Waals surface area contributed by atoms with E-state index >= 15 is 0 Å². The molecule has 0 aromatic carbocycles. The molecule has 2 fully saturated rings. The highest BCUT2D eigenvalue weighted by atomic mass is 32.1. The fourth-order valence-electron chi connectivity index (χ4n) is 2.63. The molecule has 5 heteroatoms. The van der Waals surface area contributed by atoms with Gasteiger partial charge in [-0.25, -0.2) is 9.97 Å². The van der Waals surface area contributed by atoms with Gasteiger partial charge in [0.05, 0.1) is 16.8 Å². The molecule has 1 saturated carbocycles. The van der Waals surface area contributed by atoms with Crippen LogP contribution in [0, 0.1) is 5.92 Å². The van der Waals surface area contributed by atoms with Crippen LogP contribution in [0.5, 0.6) is 0 Å². The van der Waals surface area contributed by atoms with E-state index in [1.165, 1.54) is 25.7 Å². The standard InChI is InChI=1S/C14H17N3OS/c1-2-6-17(5-1)14-15-8-12(19-14)13-11(16-9-18-13)7-10-3-4-10/h8-10H,1-7H2. The van der Waals surface area contributed by atoms with Crippen molar-refractivity contribution in [2.24, 2.45) is 5.92 Å². The third-order valence-electron chi connectivity index (χ3n) is 3.91. The molecule has 0 atom stereocenters. The number of nitrogens with zero attached hydrogens (tertiary/aromatic N) is 3. The molecule has 19 heavy (non-hydrogen) atoms. The number of thiazole rings is 1. The monoisotopic (exact) mass is 275 g/mol. The van der Waals surface area contributed by atoms with Crippen molar-refractivity contribution in [3.8, 4) is 10.6 Å². The Hall–Kier alpha value is -1.36. The van der Waals surface area contributed by atoms with E-state index in [-0.39, 0.29) is 0 Å². The Morgan fingerprint density at radius 2 is 2.11 bits per heavy atom. The number of anilines is 1. The highest BCUT2D eigenvalue weighted by Crippen LogP contribution is 2.38. The molecule has 0 spiro atoms. The van der Waals surface area contributed by atoms with E-state index in [1.54, 1.807) is 17.7 Å². The molecule has 0 radical (unpaired) electrons. The Bertz CT molecular complexity index is 567. The molecule has 4 nitrogen and oxygen atoms in total. The first kappa shape index (κ1) is 11.5. The number of rotatable bonds is 4. The van der Waals surface area contributed by atoms with E-state index in [0.717, 1.165) is 46.9 Å². The van der Waals surface area contributed by atoms with Gasteiger partial charge in [-0.15, -0.1) is 0 Å². The molecule has 1 aliphatic carbocycles. The first-order chi connectivity index (χ1) is 9.40. The molecular weight excluding hydrogens is 258 g/mol. The maximum absolute atomic E-state index is 5.60. The van der Waals surface area contributed by atoms with Crippen LogP contribution in [-0.4, -0.2) is 23.1 Å². The van der Waals surface area contributed by atoms with E-state index in [2.05, 4.69) is 14.9 Å². The van der Waals surface area contributed by atoms with Crippen LogP contribution in [0.3, 0.4) is 0 Å². The average molecular weight is 275 g/mol. The molecule has 0 N–H and O–H groups in total. The predicted octanol–water partition coefficient (Wildman–Crippen LogP) is 3.35. The Morgan fingerprint density at radius 3 is 2.89 bits per heavy atom. The minimum atomic E-state index is 0.829. The largest absolute Gasteiger partial charge is 0.442 e. The van der Waals surface area contributed by atoms with Crippen molar-refractivity contribution < 1.29 is 4.42 Å². The summed E-state index contributed by atoms with van der Waals surface area (Å²) >= 11 is 1.73. The van der Waals surface area contributed by atoms with Crippen LogP contribution in [0.25, 0.3) is 10.6 Å². The maximum atomic E-state index is 5.60. The topological polar surface area (TPSA) is 42.2 Å². The normalized spacial score (nSPS) is 19.3. The number of aromatic nitrogens is 2. The van der Waals surface area contributed by atoms with Crippen molar-refractivity contribution in [3.63, 3.8) is 0 Å². The Balaban J connectivity index is 1.59. The average Bonchev–Trinajstić information content (AvgIpc) is 2.92. The summed E-state index contributed by atoms with van der Waals surface area (Å²) in [6, 6.07) is 0. The molecule has 1 saturated heterocycles. The van der Waals surface area contributed by atoms with Crippen molar-refractivity contribution in [2.75, 3.05) is 18.0 Å². The molecule has 0 bridgehead atoms. The Morgan fingerprint density at radius 1 is 1.26 bits per heavy atom. The van der Waals surface area contributed by atoms with Gasteiger partial charge in [0.2, 0.25) is 0 Å². The zero-order valence-corrected chi connectivity index (χ0v) is 11.7. The minimum Gasteiger partial charge on any atom is -0.442 e. The van der Waals surface area contributed by atoms with Crippen LogP contribution < -0.4 is 4.90 Å². The first-order valence-electron chi connectivity index (χ1n) is 7.03. The summed E-state index contributed by atoms with van der Waals surface area (Å²) in [6.07, 6.45) is 9.82. The van der Waals surface area contributed by atoms with E-state index in [9.17, 15) is 0 Å². The molecule has 2 aliphatic rings. The third kappa shape index (κ3) is 2.27. The smallest absolute Gasteiger partial charge is 0.185 e. The highest BCUT2D eigenvalue weighted by molar-refractivity contribution is 7.18. The van der Waals surface area contributed by atoms with Gasteiger partial charge >= 0.3 is 0 Å². The first-order valence-corrected chi connectivity index (χ1v) is 7.85. The molecular formula is C14H17N3OS. The van der Waals surface area contributed by atoms with Crippen LogP contribution in [0.1, 0.15) is 31.4 Å². The molecule has 0 unspecified atom stereocenters. The zero-order valence-electron chi connectivity index (χ0n) is 10.8. The van der Waals surface area contributed by atoms with Gasteiger partial charge in [0.15, 0.2) is 17.3 Å². The molecule has 0 amide bonds. The van der Waals surface area contributed by atoms with E-state index in [4.69, 9.17) is 4.42 Å². The summed E-state index contributed by atoms with van der Waals surface area (Å²) in [5.41, 5.74) is 1.11. The van der Waals surface area contributed by atoms with E-state index in [0.29, 0.717) is 0 Å². The summed E-state index contributed by atoms with van der Waals surface area (Å²) in [6.45, 7) is 2.27. The summed E-state index contributed by atoms with van der Waals surface area (Å²) < 4.78 is 5.60. The SMILES string of the molecule is c1nc(CC2CC2)c(-c2cnc(N3CCCC3)s2)o1. The van der Waals surface area contributed by atoms with Crippen LogP contribution in [0.4, 0.5) is 5.13 Å². The third-order valence-corrected chi connectivity index (χ3v) is 4.97. The lowest BCUT2D eigenvalue weighted by Crippen LogP contribution is -2.16. The van der Waals surface area contributed by atoms with Gasteiger partial charge in [-0.2, -0.15) is 0 Å². The van der Waals surface area contributed by atoms with Crippen LogP contribution in [0.2, 0.25) is 0 Å². The van der Waals surface area contributed by atoms with Crippen LogP contribution in [0.15, 0.2) is 17.0 Å². The van der Waals surface area contributed by atoms with Gasteiger partial charge in [0, 0.05) is 13.1 Å². The lowest BCUT2D eigenvalue weighted by Gasteiger charge is -2.11. The fourth-order valence-corrected chi connectivity index (χ4v) is 3.61. The van der Waals surface area contributed by atoms with Gasteiger partial charge in [-0.1, -0.05) is 11.3 Å². The molecule has 2 aromatic rings. The maximum Gasteiger partial charge on any atom is 0.185 e. The van der Waals surface area contributed by atoms with Gasteiger partial charge in [-0.05, 0) is 38.0 Å². The zero-order chi connectivity index (χ0) is 12.7. The molecule has 4 rings (SSSR count). The van der Waals surface area contributed by atoms with E-state index < -0.39 is 0 Å². The number of hydrogen-bond donors (Lipinski definition) is 0. The van der Waals surface area contributed by atoms with Gasteiger partial charge in [0.25, 0.3) is 0 Å². The van der Waals surface area contributed by atoms with Crippen molar-refractivity contribution in [3.05, 3.63) is 18.3 Å². The summed E-state index contributed by atoms with van der Waals surface area (Å²) in [5.74, 6) is 1.77. The number of hydrogen-bond acceptors (Lipinski definition) is 5. The quantitative estimate of drug-likeness (QED) is 0.858. The lowest BCUT2D eigenvalue weighted by molar-refractivity contribution is 0.571. The van der Waals surface area contributed by atoms with E-state index in [1.807, 2.05) is 6.20 Å². The molecule has 100 valence electrons. The summed E-state index contributed by atoms with van der Waals surface area (Å²) in [5, 5.41) is 1.13. The minimum absolute atomic E-state index is 0.829. The predicted molar refractivity (Wildman–Crippen MR) is 75.5 cm³/mol. The molecule has 2 aromatic heterocycles. The van der Waals surface area contributed by atoms with Gasteiger partial charge < -0.3 is 9.32 Å². The molecule has 1 aliphatic heterocycles. The number of oxazole rings is 1. The van der Waals surface area contributed by atoms with Crippen LogP contribution >= 0.6 is 11.3 Å². The van der Waals surface area contributed by atoms with Crippen molar-refractivity contribution in [1.29, 1.82) is 0 Å². The second-order valence-corrected chi connectivity index (χ2v) is 6.49. The summed E-state index contributed by atoms with van der Waals surface area (Å²) in [4.78, 5) is 12.4. The fraction of sp³-hybridized carbons (Fsp3) is 0.571. The Labute approximate surface area is 116 Å². The van der Waals surface area contributed by atoms with Gasteiger partial charge in [-0.3, -0.25) is 0 Å².